The van der Waals surface area contributed by atoms with Crippen LogP contribution in [0.5, 0.6) is 0 Å². The van der Waals surface area contributed by atoms with Crippen molar-refractivity contribution >= 4 is 17.8 Å². The van der Waals surface area contributed by atoms with Gasteiger partial charge in [0.15, 0.2) is 0 Å². The normalized spacial score (nSPS) is 15.4. The molecule has 2 amide bonds. The zero-order valence-corrected chi connectivity index (χ0v) is 28.0. The molecule has 2 aromatic rings. The number of likely N-dealkylation sites (tertiary alicyclic amines) is 1. The molecule has 8 nitrogen and oxygen atoms in total. The van der Waals surface area contributed by atoms with Crippen molar-refractivity contribution in [2.45, 2.75) is 98.3 Å². The van der Waals surface area contributed by atoms with E-state index in [1.807, 2.05) is 84.6 Å². The van der Waals surface area contributed by atoms with Gasteiger partial charge in [-0.3, -0.25) is 0 Å². The van der Waals surface area contributed by atoms with Crippen LogP contribution in [0.25, 0.3) is 5.57 Å². The summed E-state index contributed by atoms with van der Waals surface area (Å²) >= 11 is 0. The van der Waals surface area contributed by atoms with Crippen LogP contribution in [0.4, 0.5) is 9.59 Å². The van der Waals surface area contributed by atoms with E-state index in [9.17, 15) is 9.59 Å². The summed E-state index contributed by atoms with van der Waals surface area (Å²) in [5.41, 5.74) is 10.2. The molecule has 4 rings (SSSR count). The van der Waals surface area contributed by atoms with Crippen molar-refractivity contribution in [3.63, 3.8) is 0 Å². The van der Waals surface area contributed by atoms with E-state index in [1.165, 1.54) is 16.7 Å². The summed E-state index contributed by atoms with van der Waals surface area (Å²) < 4.78 is 10.8. The van der Waals surface area contributed by atoms with Crippen molar-refractivity contribution in [3.05, 3.63) is 76.9 Å². The Balaban J connectivity index is 0.000000291. The Morgan fingerprint density at radius 1 is 0.886 bits per heavy atom. The number of nitriles is 1. The number of rotatable bonds is 3. The van der Waals surface area contributed by atoms with E-state index in [1.54, 1.807) is 11.0 Å². The lowest BCUT2D eigenvalue weighted by Crippen LogP contribution is -2.41. The quantitative estimate of drug-likeness (QED) is 0.382. The van der Waals surface area contributed by atoms with Crippen LogP contribution in [0.3, 0.4) is 0 Å². The van der Waals surface area contributed by atoms with Gasteiger partial charge in [0.2, 0.25) is 0 Å². The Morgan fingerprint density at radius 2 is 1.48 bits per heavy atom. The lowest BCUT2D eigenvalue weighted by molar-refractivity contribution is 0.0203. The second-order valence-electron chi connectivity index (χ2n) is 12.8. The molecule has 0 bridgehead atoms. The van der Waals surface area contributed by atoms with Crippen LogP contribution in [-0.2, 0) is 16.0 Å². The maximum absolute atomic E-state index is 12.0. The number of hydrogen-bond acceptors (Lipinski definition) is 6. The average molecular weight is 605 g/mol. The minimum Gasteiger partial charge on any atom is -0.444 e. The Labute approximate surface area is 264 Å². The number of carbonyl (C=O) groups is 2. The van der Waals surface area contributed by atoms with Gasteiger partial charge in [-0.15, -0.1) is 0 Å². The van der Waals surface area contributed by atoms with Gasteiger partial charge in [-0.25, -0.2) is 9.59 Å². The molecule has 1 saturated heterocycles. The number of carbonyl (C=O) groups excluding carboxylic acids is 2. The third kappa shape index (κ3) is 12.0. The summed E-state index contributed by atoms with van der Waals surface area (Å²) in [6.45, 7) is 18.6. The lowest BCUT2D eigenvalue weighted by Gasteiger charge is -2.33. The van der Waals surface area contributed by atoms with E-state index in [0.29, 0.717) is 31.1 Å². The highest BCUT2D eigenvalue weighted by Gasteiger charge is 2.27. The highest BCUT2D eigenvalue weighted by Crippen LogP contribution is 2.29. The highest BCUT2D eigenvalue weighted by atomic mass is 16.6. The number of hydrogen-bond donors (Lipinski definition) is 1. The fourth-order valence-corrected chi connectivity index (χ4v) is 4.91. The molecule has 240 valence electrons. The third-order valence-corrected chi connectivity index (χ3v) is 7.03. The number of benzene rings is 2. The van der Waals surface area contributed by atoms with Crippen LogP contribution >= 0.6 is 0 Å². The lowest BCUT2D eigenvalue weighted by atomic mass is 9.89. The minimum atomic E-state index is -0.470. The summed E-state index contributed by atoms with van der Waals surface area (Å²) in [7, 11) is 0. The Hall–Kier alpha value is -3.83. The molecule has 2 aliphatic heterocycles. The van der Waals surface area contributed by atoms with Gasteiger partial charge >= 0.3 is 12.2 Å². The first-order valence-electron chi connectivity index (χ1n) is 15.7. The second-order valence-corrected chi connectivity index (χ2v) is 12.8. The summed E-state index contributed by atoms with van der Waals surface area (Å²) in [6, 6.07) is 18.2. The molecule has 0 aliphatic carbocycles. The molecule has 0 unspecified atom stereocenters. The number of ether oxygens (including phenoxy) is 2. The van der Waals surface area contributed by atoms with Crippen molar-refractivity contribution in [1.82, 2.24) is 9.80 Å². The van der Waals surface area contributed by atoms with E-state index in [4.69, 9.17) is 20.5 Å². The average Bonchev–Trinajstić information content (AvgIpc) is 3.01. The van der Waals surface area contributed by atoms with Crippen LogP contribution in [0.1, 0.15) is 103 Å². The van der Waals surface area contributed by atoms with Gasteiger partial charge in [0.25, 0.3) is 0 Å². The smallest absolute Gasteiger partial charge is 0.410 e. The van der Waals surface area contributed by atoms with E-state index < -0.39 is 11.2 Å². The molecule has 0 aromatic heterocycles. The molecule has 0 atom stereocenters. The molecule has 2 heterocycles. The van der Waals surface area contributed by atoms with Crippen LogP contribution < -0.4 is 5.73 Å². The third-order valence-electron chi connectivity index (χ3n) is 7.03. The maximum Gasteiger partial charge on any atom is 0.410 e. The Morgan fingerprint density at radius 3 is 2.00 bits per heavy atom. The van der Waals surface area contributed by atoms with Crippen LogP contribution in [0, 0.1) is 11.3 Å². The molecule has 0 saturated carbocycles. The Kier molecular flexibility index (Phi) is 13.9. The molecule has 2 aromatic carbocycles. The monoisotopic (exact) mass is 604 g/mol. The molecule has 8 heteroatoms. The molecular formula is C36H52N4O4. The van der Waals surface area contributed by atoms with Gasteiger partial charge in [0.1, 0.15) is 11.2 Å². The van der Waals surface area contributed by atoms with Crippen molar-refractivity contribution in [2.24, 2.45) is 5.73 Å². The van der Waals surface area contributed by atoms with Gasteiger partial charge in [-0.2, -0.15) is 5.26 Å². The maximum atomic E-state index is 12.0. The predicted octanol–water partition coefficient (Wildman–Crippen LogP) is 7.87. The standard InChI is InChI=1S/C17H26N2O2.C17H20N2O2.C2H6/c2*1-17(2,3)21-16(20)19-9-7-14(8-10-19)15-6-4-5-13(11-15)12-18;1-2/h4-6,11,14H,7-10,12,18H2,1-3H3;4-7,11H,8-10H2,1-3H3;1-2H3. The van der Waals surface area contributed by atoms with Gasteiger partial charge in [0, 0.05) is 32.7 Å². The number of piperidine rings is 1. The zero-order chi connectivity index (χ0) is 32.9. The number of amides is 2. The molecule has 0 spiro atoms. The topological polar surface area (TPSA) is 109 Å². The van der Waals surface area contributed by atoms with E-state index in [2.05, 4.69) is 30.3 Å². The zero-order valence-electron chi connectivity index (χ0n) is 28.0. The van der Waals surface area contributed by atoms with Gasteiger partial charge in [-0.05, 0) is 101 Å². The van der Waals surface area contributed by atoms with Gasteiger partial charge < -0.3 is 25.0 Å². The summed E-state index contributed by atoms with van der Waals surface area (Å²) in [5.74, 6) is 0.509. The summed E-state index contributed by atoms with van der Waals surface area (Å²) in [6.07, 6.45) is 4.29. The van der Waals surface area contributed by atoms with Gasteiger partial charge in [0.05, 0.1) is 11.6 Å². The van der Waals surface area contributed by atoms with E-state index in [0.717, 1.165) is 37.9 Å². The second kappa shape index (κ2) is 16.9. The van der Waals surface area contributed by atoms with Crippen molar-refractivity contribution in [3.8, 4) is 6.07 Å². The summed E-state index contributed by atoms with van der Waals surface area (Å²) in [4.78, 5) is 27.5. The molecule has 2 N–H and O–H groups in total. The van der Waals surface area contributed by atoms with Crippen LogP contribution in [0.2, 0.25) is 0 Å². The minimum absolute atomic E-state index is 0.198. The largest absolute Gasteiger partial charge is 0.444 e. The van der Waals surface area contributed by atoms with Crippen LogP contribution in [-0.4, -0.2) is 59.4 Å². The van der Waals surface area contributed by atoms with E-state index in [-0.39, 0.29) is 12.2 Å². The first kappa shape index (κ1) is 36.4. The Bertz CT molecular complexity index is 1290. The first-order valence-corrected chi connectivity index (χ1v) is 15.7. The number of nitrogens with two attached hydrogens (primary N) is 1. The molecular weight excluding hydrogens is 552 g/mol. The fourth-order valence-electron chi connectivity index (χ4n) is 4.91. The van der Waals surface area contributed by atoms with Crippen LogP contribution in [0.15, 0.2) is 54.6 Å². The van der Waals surface area contributed by atoms with Crippen molar-refractivity contribution < 1.29 is 19.1 Å². The van der Waals surface area contributed by atoms with Crippen molar-refractivity contribution in [1.29, 1.82) is 5.26 Å². The predicted molar refractivity (Wildman–Crippen MR) is 177 cm³/mol. The SMILES string of the molecule is CC.CC(C)(C)OC(=O)N1CC=C(c2cccc(C#N)c2)CC1.CC(C)(C)OC(=O)N1CCC(c2cccc(CN)c2)CC1. The molecule has 44 heavy (non-hydrogen) atoms. The first-order chi connectivity index (χ1) is 20.8. The van der Waals surface area contributed by atoms with E-state index >= 15 is 0 Å². The molecule has 1 fully saturated rings. The molecule has 0 radical (unpaired) electrons. The fraction of sp³-hybridized carbons (Fsp3) is 0.528. The summed E-state index contributed by atoms with van der Waals surface area (Å²) in [5, 5.41) is 8.94. The molecule has 2 aliphatic rings. The number of nitrogens with zero attached hydrogens (tertiary/aromatic N) is 3. The highest BCUT2D eigenvalue weighted by molar-refractivity contribution is 5.73. The van der Waals surface area contributed by atoms with Crippen molar-refractivity contribution in [2.75, 3.05) is 26.2 Å². The van der Waals surface area contributed by atoms with Gasteiger partial charge in [-0.1, -0.05) is 56.3 Å².